The highest BCUT2D eigenvalue weighted by Gasteiger charge is 2.48. The molecule has 1 aliphatic heterocycles. The number of hydrogen-bond donors (Lipinski definition) is 2. The minimum absolute atomic E-state index is 0.130. The van der Waals surface area contributed by atoms with Crippen molar-refractivity contribution in [2.75, 3.05) is 19.6 Å². The maximum absolute atomic E-state index is 13.8. The summed E-state index contributed by atoms with van der Waals surface area (Å²) in [7, 11) is 0. The van der Waals surface area contributed by atoms with Gasteiger partial charge in [-0.3, -0.25) is 9.69 Å². The fraction of sp³-hybridized carbons (Fsp3) is 0.882. The molecule has 1 atom stereocenters. The molecule has 0 aromatic carbocycles. The van der Waals surface area contributed by atoms with E-state index in [-0.39, 0.29) is 18.3 Å². The lowest BCUT2D eigenvalue weighted by atomic mass is 10.0. The van der Waals surface area contributed by atoms with Crippen molar-refractivity contribution in [3.63, 3.8) is 0 Å². The summed E-state index contributed by atoms with van der Waals surface area (Å²) in [6.07, 6.45) is 1.19. The van der Waals surface area contributed by atoms with Crippen molar-refractivity contribution in [2.24, 2.45) is 5.41 Å². The lowest BCUT2D eigenvalue weighted by Crippen LogP contribution is -2.41. The van der Waals surface area contributed by atoms with Gasteiger partial charge in [0.15, 0.2) is 0 Å². The first-order valence-electron chi connectivity index (χ1n) is 8.71. The lowest BCUT2D eigenvalue weighted by Gasteiger charge is -2.28. The van der Waals surface area contributed by atoms with Gasteiger partial charge in [-0.2, -0.15) is 0 Å². The number of carboxylic acid groups (broad SMARTS) is 1. The van der Waals surface area contributed by atoms with Gasteiger partial charge in [0.05, 0.1) is 13.0 Å². The highest BCUT2D eigenvalue weighted by molar-refractivity contribution is 5.69. The SMILES string of the molecule is CC(C)(C)OC(=O)N1CC(F)(F)C[C@@H]1CCNCC1(CC(=O)O)CC1. The Morgan fingerprint density at radius 2 is 1.96 bits per heavy atom. The molecule has 1 aliphatic carbocycles. The number of halogens is 2. The second-order valence-electron chi connectivity index (χ2n) is 8.36. The van der Waals surface area contributed by atoms with Crippen molar-refractivity contribution < 1.29 is 28.2 Å². The van der Waals surface area contributed by atoms with Crippen molar-refractivity contribution in [1.82, 2.24) is 10.2 Å². The molecule has 2 fully saturated rings. The number of nitrogens with one attached hydrogen (secondary N) is 1. The van der Waals surface area contributed by atoms with Crippen LogP contribution in [0.5, 0.6) is 0 Å². The summed E-state index contributed by atoms with van der Waals surface area (Å²) in [6, 6.07) is -0.577. The zero-order valence-electron chi connectivity index (χ0n) is 15.1. The zero-order valence-corrected chi connectivity index (χ0v) is 15.1. The summed E-state index contributed by atoms with van der Waals surface area (Å²) >= 11 is 0. The number of carbonyl (C=O) groups excluding carboxylic acids is 1. The van der Waals surface area contributed by atoms with Crippen LogP contribution in [0.3, 0.4) is 0 Å². The van der Waals surface area contributed by atoms with Gasteiger partial charge in [-0.1, -0.05) is 0 Å². The molecule has 2 N–H and O–H groups in total. The second-order valence-corrected chi connectivity index (χ2v) is 8.36. The second kappa shape index (κ2) is 7.05. The number of carboxylic acids is 1. The van der Waals surface area contributed by atoms with Crippen molar-refractivity contribution in [3.8, 4) is 0 Å². The van der Waals surface area contributed by atoms with E-state index in [9.17, 15) is 18.4 Å². The molecule has 0 bridgehead atoms. The van der Waals surface area contributed by atoms with E-state index in [1.165, 1.54) is 0 Å². The van der Waals surface area contributed by atoms with Gasteiger partial charge in [0, 0.05) is 19.0 Å². The molecule has 25 heavy (non-hydrogen) atoms. The maximum Gasteiger partial charge on any atom is 0.410 e. The Morgan fingerprint density at radius 3 is 2.48 bits per heavy atom. The molecule has 6 nitrogen and oxygen atoms in total. The van der Waals surface area contributed by atoms with E-state index in [1.807, 2.05) is 0 Å². The van der Waals surface area contributed by atoms with Gasteiger partial charge in [-0.05, 0) is 52.0 Å². The van der Waals surface area contributed by atoms with Crippen LogP contribution in [0.4, 0.5) is 13.6 Å². The van der Waals surface area contributed by atoms with E-state index in [0.29, 0.717) is 19.5 Å². The number of alkyl halides is 2. The normalized spacial score (nSPS) is 24.2. The zero-order chi connectivity index (χ0) is 18.9. The van der Waals surface area contributed by atoms with Gasteiger partial charge < -0.3 is 15.2 Å². The molecule has 0 aromatic heterocycles. The number of ether oxygens (including phenoxy) is 1. The van der Waals surface area contributed by atoms with Gasteiger partial charge in [0.1, 0.15) is 5.60 Å². The van der Waals surface area contributed by atoms with E-state index >= 15 is 0 Å². The van der Waals surface area contributed by atoms with Crippen LogP contribution in [-0.4, -0.2) is 59.3 Å². The number of amides is 1. The average Bonchev–Trinajstić information content (AvgIpc) is 3.08. The Labute approximate surface area is 146 Å². The Bertz CT molecular complexity index is 515. The third-order valence-corrected chi connectivity index (χ3v) is 4.64. The molecule has 1 saturated heterocycles. The first-order chi connectivity index (χ1) is 11.4. The summed E-state index contributed by atoms with van der Waals surface area (Å²) < 4.78 is 32.7. The first-order valence-corrected chi connectivity index (χ1v) is 8.71. The molecule has 0 spiro atoms. The number of aliphatic carboxylic acids is 1. The molecular formula is C17H28F2N2O4. The summed E-state index contributed by atoms with van der Waals surface area (Å²) in [6.45, 7) is 5.51. The van der Waals surface area contributed by atoms with Crippen LogP contribution in [0.25, 0.3) is 0 Å². The molecular weight excluding hydrogens is 334 g/mol. The molecule has 8 heteroatoms. The van der Waals surface area contributed by atoms with Crippen LogP contribution in [0.15, 0.2) is 0 Å². The van der Waals surface area contributed by atoms with E-state index in [4.69, 9.17) is 9.84 Å². The van der Waals surface area contributed by atoms with E-state index in [0.717, 1.165) is 17.7 Å². The Balaban J connectivity index is 1.82. The summed E-state index contributed by atoms with van der Waals surface area (Å²) in [4.78, 5) is 24.1. The quantitative estimate of drug-likeness (QED) is 0.681. The Kier molecular flexibility index (Phi) is 5.61. The van der Waals surface area contributed by atoms with Gasteiger partial charge in [0.25, 0.3) is 5.92 Å². The molecule has 1 saturated carbocycles. The standard InChI is InChI=1S/C17H28F2N2O4/c1-15(2,3)25-14(24)21-11-17(18,19)8-12(21)4-7-20-10-16(5-6-16)9-13(22)23/h12,20H,4-11H2,1-3H3,(H,22,23)/t12-/m0/s1. The van der Waals surface area contributed by atoms with Crippen molar-refractivity contribution in [2.45, 2.75) is 70.4 Å². The molecule has 0 radical (unpaired) electrons. The predicted molar refractivity (Wildman–Crippen MR) is 87.7 cm³/mol. The third kappa shape index (κ3) is 6.09. The smallest absolute Gasteiger partial charge is 0.410 e. The molecule has 1 amide bonds. The molecule has 1 heterocycles. The van der Waals surface area contributed by atoms with E-state index < -0.39 is 36.2 Å². The topological polar surface area (TPSA) is 78.9 Å². The minimum Gasteiger partial charge on any atom is -0.481 e. The fourth-order valence-corrected chi connectivity index (χ4v) is 3.23. The highest BCUT2D eigenvalue weighted by atomic mass is 19.3. The van der Waals surface area contributed by atoms with Crippen molar-refractivity contribution in [3.05, 3.63) is 0 Å². The van der Waals surface area contributed by atoms with Crippen LogP contribution < -0.4 is 5.32 Å². The monoisotopic (exact) mass is 362 g/mol. The van der Waals surface area contributed by atoms with Gasteiger partial charge in [0.2, 0.25) is 0 Å². The average molecular weight is 362 g/mol. The van der Waals surface area contributed by atoms with Crippen LogP contribution in [0.2, 0.25) is 0 Å². The van der Waals surface area contributed by atoms with E-state index in [1.54, 1.807) is 20.8 Å². The number of likely N-dealkylation sites (tertiary alicyclic amines) is 1. The summed E-state index contributed by atoms with van der Waals surface area (Å²) in [5.74, 6) is -3.71. The highest BCUT2D eigenvalue weighted by Crippen LogP contribution is 2.48. The van der Waals surface area contributed by atoms with Crippen molar-refractivity contribution >= 4 is 12.1 Å². The summed E-state index contributed by atoms with van der Waals surface area (Å²) in [5, 5.41) is 12.1. The third-order valence-electron chi connectivity index (χ3n) is 4.64. The minimum atomic E-state index is -2.90. The van der Waals surface area contributed by atoms with Crippen molar-refractivity contribution in [1.29, 1.82) is 0 Å². The molecule has 144 valence electrons. The number of carbonyl (C=O) groups is 2. The first kappa shape index (κ1) is 19.9. The molecule has 0 aromatic rings. The predicted octanol–water partition coefficient (Wildman–Crippen LogP) is 2.87. The maximum atomic E-state index is 13.8. The summed E-state index contributed by atoms with van der Waals surface area (Å²) in [5.41, 5.74) is -0.913. The lowest BCUT2D eigenvalue weighted by molar-refractivity contribution is -0.138. The molecule has 2 rings (SSSR count). The Morgan fingerprint density at radius 1 is 1.32 bits per heavy atom. The molecule has 2 aliphatic rings. The van der Waals surface area contributed by atoms with Crippen LogP contribution in [-0.2, 0) is 9.53 Å². The van der Waals surface area contributed by atoms with Gasteiger partial charge in [-0.25, -0.2) is 13.6 Å². The molecule has 0 unspecified atom stereocenters. The van der Waals surface area contributed by atoms with Crippen LogP contribution in [0.1, 0.15) is 52.9 Å². The number of hydrogen-bond acceptors (Lipinski definition) is 4. The Hall–Kier alpha value is -1.44. The van der Waals surface area contributed by atoms with Gasteiger partial charge >= 0.3 is 12.1 Å². The van der Waals surface area contributed by atoms with Crippen LogP contribution >= 0.6 is 0 Å². The van der Waals surface area contributed by atoms with Crippen LogP contribution in [0, 0.1) is 5.41 Å². The number of rotatable bonds is 7. The number of nitrogens with zero attached hydrogens (tertiary/aromatic N) is 1. The fourth-order valence-electron chi connectivity index (χ4n) is 3.23. The van der Waals surface area contributed by atoms with E-state index in [2.05, 4.69) is 5.32 Å². The van der Waals surface area contributed by atoms with Gasteiger partial charge in [-0.15, -0.1) is 0 Å². The largest absolute Gasteiger partial charge is 0.481 e.